The molecule has 1 atom stereocenters. The van der Waals surface area contributed by atoms with Crippen molar-refractivity contribution in [2.45, 2.75) is 12.8 Å². The van der Waals surface area contributed by atoms with Gasteiger partial charge in [-0.2, -0.15) is 0 Å². The lowest BCUT2D eigenvalue weighted by atomic mass is 10.1. The van der Waals surface area contributed by atoms with Crippen molar-refractivity contribution < 1.29 is 9.59 Å². The molecule has 0 bridgehead atoms. The molecule has 0 N–H and O–H groups in total. The second kappa shape index (κ2) is 8.25. The fourth-order valence-corrected chi connectivity index (χ4v) is 3.56. The van der Waals surface area contributed by atoms with E-state index in [1.807, 2.05) is 29.4 Å². The van der Waals surface area contributed by atoms with Crippen LogP contribution >= 0.6 is 0 Å². The SMILES string of the molecule is C=CCN1C[C@@H](C(=O)N2CCN(CCc3ccncc3)CC2)CC1=O. The molecule has 2 amide bonds. The van der Waals surface area contributed by atoms with Crippen molar-refractivity contribution in [1.29, 1.82) is 0 Å². The van der Waals surface area contributed by atoms with Crippen LogP contribution < -0.4 is 0 Å². The highest BCUT2D eigenvalue weighted by atomic mass is 16.2. The number of likely N-dealkylation sites (tertiary alicyclic amines) is 1. The van der Waals surface area contributed by atoms with Gasteiger partial charge in [-0.3, -0.25) is 19.5 Å². The molecule has 1 aromatic rings. The van der Waals surface area contributed by atoms with Crippen LogP contribution in [0.5, 0.6) is 0 Å². The number of rotatable bonds is 6. The Labute approximate surface area is 149 Å². The van der Waals surface area contributed by atoms with Crippen molar-refractivity contribution in [1.82, 2.24) is 19.7 Å². The number of pyridine rings is 1. The van der Waals surface area contributed by atoms with Gasteiger partial charge < -0.3 is 9.80 Å². The number of carbonyl (C=O) groups is 2. The van der Waals surface area contributed by atoms with Crippen LogP contribution in [0.3, 0.4) is 0 Å². The lowest BCUT2D eigenvalue weighted by molar-refractivity contribution is -0.137. The number of aromatic nitrogens is 1. The van der Waals surface area contributed by atoms with Gasteiger partial charge in [0.15, 0.2) is 0 Å². The second-order valence-corrected chi connectivity index (χ2v) is 6.76. The molecule has 0 aliphatic carbocycles. The number of hydrogen-bond acceptors (Lipinski definition) is 4. The molecule has 0 spiro atoms. The van der Waals surface area contributed by atoms with Gasteiger partial charge in [0.25, 0.3) is 0 Å². The third-order valence-corrected chi connectivity index (χ3v) is 5.06. The van der Waals surface area contributed by atoms with Crippen LogP contribution in [0.1, 0.15) is 12.0 Å². The third-order valence-electron chi connectivity index (χ3n) is 5.06. The normalized spacial score (nSPS) is 21.6. The first kappa shape index (κ1) is 17.6. The number of nitrogens with zero attached hydrogens (tertiary/aromatic N) is 4. The fourth-order valence-electron chi connectivity index (χ4n) is 3.56. The van der Waals surface area contributed by atoms with E-state index in [1.165, 1.54) is 5.56 Å². The molecule has 0 aromatic carbocycles. The summed E-state index contributed by atoms with van der Waals surface area (Å²) in [6, 6.07) is 4.10. The van der Waals surface area contributed by atoms with Crippen molar-refractivity contribution in [2.24, 2.45) is 5.92 Å². The Kier molecular flexibility index (Phi) is 5.81. The molecule has 0 unspecified atom stereocenters. The van der Waals surface area contributed by atoms with Crippen LogP contribution in [0.2, 0.25) is 0 Å². The summed E-state index contributed by atoms with van der Waals surface area (Å²) in [5.41, 5.74) is 1.29. The smallest absolute Gasteiger partial charge is 0.228 e. The lowest BCUT2D eigenvalue weighted by Gasteiger charge is -2.35. The molecular formula is C19H26N4O2. The van der Waals surface area contributed by atoms with Gasteiger partial charge in [-0.25, -0.2) is 0 Å². The zero-order chi connectivity index (χ0) is 17.6. The van der Waals surface area contributed by atoms with Gasteiger partial charge in [0.1, 0.15) is 0 Å². The summed E-state index contributed by atoms with van der Waals surface area (Å²) in [4.78, 5) is 34.7. The van der Waals surface area contributed by atoms with Crippen LogP contribution in [0.15, 0.2) is 37.2 Å². The molecule has 6 nitrogen and oxygen atoms in total. The molecule has 2 saturated heterocycles. The minimum Gasteiger partial charge on any atom is -0.340 e. The monoisotopic (exact) mass is 342 g/mol. The highest BCUT2D eigenvalue weighted by molar-refractivity contribution is 5.89. The summed E-state index contributed by atoms with van der Waals surface area (Å²) < 4.78 is 0. The highest BCUT2D eigenvalue weighted by Crippen LogP contribution is 2.21. The van der Waals surface area contributed by atoms with Gasteiger partial charge in [-0.05, 0) is 24.1 Å². The minimum atomic E-state index is -0.184. The second-order valence-electron chi connectivity index (χ2n) is 6.76. The molecule has 134 valence electrons. The van der Waals surface area contributed by atoms with E-state index in [2.05, 4.69) is 16.5 Å². The maximum absolute atomic E-state index is 12.7. The molecule has 0 radical (unpaired) electrons. The number of piperazine rings is 1. The molecule has 2 aliphatic heterocycles. The van der Waals surface area contributed by atoms with Crippen molar-refractivity contribution in [2.75, 3.05) is 45.8 Å². The predicted octanol–water partition coefficient (Wildman–Crippen LogP) is 0.803. The largest absolute Gasteiger partial charge is 0.340 e. The first-order chi connectivity index (χ1) is 12.2. The summed E-state index contributed by atoms with van der Waals surface area (Å²) in [6.07, 6.45) is 6.71. The number of carbonyl (C=O) groups excluding carboxylic acids is 2. The summed E-state index contributed by atoms with van der Waals surface area (Å²) in [5, 5.41) is 0. The Hall–Kier alpha value is -2.21. The Morgan fingerprint density at radius 1 is 1.24 bits per heavy atom. The van der Waals surface area contributed by atoms with E-state index in [0.29, 0.717) is 19.5 Å². The van der Waals surface area contributed by atoms with Gasteiger partial charge in [-0.15, -0.1) is 6.58 Å². The lowest BCUT2D eigenvalue weighted by Crippen LogP contribution is -2.51. The molecule has 2 fully saturated rings. The number of amides is 2. The van der Waals surface area contributed by atoms with Gasteiger partial charge >= 0.3 is 0 Å². The Balaban J connectivity index is 1.43. The molecule has 3 heterocycles. The average molecular weight is 342 g/mol. The Morgan fingerprint density at radius 2 is 1.96 bits per heavy atom. The van der Waals surface area contributed by atoms with E-state index in [4.69, 9.17) is 0 Å². The van der Waals surface area contributed by atoms with Crippen LogP contribution in [-0.2, 0) is 16.0 Å². The molecule has 25 heavy (non-hydrogen) atoms. The molecular weight excluding hydrogens is 316 g/mol. The van der Waals surface area contributed by atoms with E-state index in [1.54, 1.807) is 11.0 Å². The van der Waals surface area contributed by atoms with E-state index < -0.39 is 0 Å². The van der Waals surface area contributed by atoms with Gasteiger partial charge in [-0.1, -0.05) is 6.08 Å². The van der Waals surface area contributed by atoms with Crippen molar-refractivity contribution in [3.05, 3.63) is 42.7 Å². The zero-order valence-corrected chi connectivity index (χ0v) is 14.6. The summed E-state index contributed by atoms with van der Waals surface area (Å²) in [6.45, 7) is 9.03. The minimum absolute atomic E-state index is 0.0641. The predicted molar refractivity (Wildman–Crippen MR) is 95.8 cm³/mol. The average Bonchev–Trinajstić information content (AvgIpc) is 3.02. The van der Waals surface area contributed by atoms with E-state index in [-0.39, 0.29) is 17.7 Å². The molecule has 0 saturated carbocycles. The quantitative estimate of drug-likeness (QED) is 0.718. The molecule has 3 rings (SSSR count). The van der Waals surface area contributed by atoms with Crippen molar-refractivity contribution in [3.63, 3.8) is 0 Å². The van der Waals surface area contributed by atoms with E-state index >= 15 is 0 Å². The zero-order valence-electron chi connectivity index (χ0n) is 14.6. The molecule has 2 aliphatic rings. The highest BCUT2D eigenvalue weighted by Gasteiger charge is 2.36. The van der Waals surface area contributed by atoms with Crippen LogP contribution in [-0.4, -0.2) is 77.3 Å². The summed E-state index contributed by atoms with van der Waals surface area (Å²) in [5.74, 6) is 0.0127. The summed E-state index contributed by atoms with van der Waals surface area (Å²) in [7, 11) is 0. The van der Waals surface area contributed by atoms with Crippen LogP contribution in [0.4, 0.5) is 0 Å². The Bertz CT molecular complexity index is 611. The number of hydrogen-bond donors (Lipinski definition) is 0. The summed E-state index contributed by atoms with van der Waals surface area (Å²) >= 11 is 0. The standard InChI is InChI=1S/C19H26N4O2/c1-2-8-23-15-17(14-18(23)24)19(25)22-12-10-21(11-13-22)9-5-16-3-6-20-7-4-16/h2-4,6-7,17H,1,5,8-15H2/t17-/m0/s1. The maximum Gasteiger partial charge on any atom is 0.228 e. The van der Waals surface area contributed by atoms with E-state index in [9.17, 15) is 9.59 Å². The fraction of sp³-hybridized carbons (Fsp3) is 0.526. The maximum atomic E-state index is 12.7. The van der Waals surface area contributed by atoms with E-state index in [0.717, 1.165) is 39.1 Å². The van der Waals surface area contributed by atoms with Crippen molar-refractivity contribution in [3.8, 4) is 0 Å². The first-order valence-corrected chi connectivity index (χ1v) is 8.96. The van der Waals surface area contributed by atoms with Crippen LogP contribution in [0, 0.1) is 5.92 Å². The first-order valence-electron chi connectivity index (χ1n) is 8.96. The topological polar surface area (TPSA) is 56.8 Å². The van der Waals surface area contributed by atoms with Crippen molar-refractivity contribution >= 4 is 11.8 Å². The molecule has 1 aromatic heterocycles. The molecule has 6 heteroatoms. The van der Waals surface area contributed by atoms with Gasteiger partial charge in [0.05, 0.1) is 5.92 Å². The van der Waals surface area contributed by atoms with Gasteiger partial charge in [0, 0.05) is 64.6 Å². The van der Waals surface area contributed by atoms with Gasteiger partial charge in [0.2, 0.25) is 11.8 Å². The third kappa shape index (κ3) is 4.45. The van der Waals surface area contributed by atoms with Crippen LogP contribution in [0.25, 0.3) is 0 Å². The Morgan fingerprint density at radius 3 is 2.64 bits per heavy atom.